The van der Waals surface area contributed by atoms with E-state index in [4.69, 9.17) is 4.74 Å². The van der Waals surface area contributed by atoms with Crippen molar-refractivity contribution in [3.8, 4) is 5.75 Å². The van der Waals surface area contributed by atoms with Gasteiger partial charge in [0, 0.05) is 51.1 Å². The molecule has 2 aliphatic heterocycles. The quantitative estimate of drug-likeness (QED) is 0.539. The summed E-state index contributed by atoms with van der Waals surface area (Å²) in [5.41, 5.74) is -0.525. The SMILES string of the molecule is CN1CCC2(C1)CN(C)C(=O)c1c(OCc3ccccc3)c(=O)c(C(=O)NCc3ccc(F)cc3F)cn12. The number of carbonyl (C=O) groups is 2. The van der Waals surface area contributed by atoms with Crippen molar-refractivity contribution in [2.75, 3.05) is 33.7 Å². The molecular weight excluding hydrogens is 494 g/mol. The molecule has 1 fully saturated rings. The molecular formula is C28H28F2N4O4. The maximum absolute atomic E-state index is 14.1. The number of hydrogen-bond acceptors (Lipinski definition) is 5. The number of likely N-dealkylation sites (N-methyl/N-ethyl adjacent to an activating group) is 2. The summed E-state index contributed by atoms with van der Waals surface area (Å²) in [7, 11) is 3.67. The fourth-order valence-electron chi connectivity index (χ4n) is 5.28. The fraction of sp³-hybridized carbons (Fsp3) is 0.321. The molecule has 1 aromatic heterocycles. The van der Waals surface area contributed by atoms with Crippen LogP contribution in [0.15, 0.2) is 59.5 Å². The van der Waals surface area contributed by atoms with E-state index in [9.17, 15) is 23.2 Å². The second-order valence-electron chi connectivity index (χ2n) is 9.99. The maximum atomic E-state index is 14.1. The summed E-state index contributed by atoms with van der Waals surface area (Å²) in [6.07, 6.45) is 2.13. The van der Waals surface area contributed by atoms with Gasteiger partial charge in [-0.2, -0.15) is 0 Å². The van der Waals surface area contributed by atoms with Crippen LogP contribution in [0.5, 0.6) is 5.75 Å². The molecule has 0 radical (unpaired) electrons. The molecule has 0 aliphatic carbocycles. The molecule has 3 aromatic rings. The number of benzene rings is 2. The number of likely N-dealkylation sites (tertiary alicyclic amines) is 1. The van der Waals surface area contributed by atoms with E-state index in [-0.39, 0.29) is 41.6 Å². The molecule has 198 valence electrons. The van der Waals surface area contributed by atoms with Gasteiger partial charge in [-0.05, 0) is 25.1 Å². The minimum atomic E-state index is -0.805. The number of amides is 2. The number of halogens is 2. The molecule has 3 heterocycles. The Hall–Kier alpha value is -4.05. The van der Waals surface area contributed by atoms with Crippen molar-refractivity contribution >= 4 is 11.8 Å². The topological polar surface area (TPSA) is 83.9 Å². The van der Waals surface area contributed by atoms with E-state index in [0.29, 0.717) is 19.5 Å². The van der Waals surface area contributed by atoms with Gasteiger partial charge in [0.1, 0.15) is 23.8 Å². The highest BCUT2D eigenvalue weighted by Gasteiger charge is 2.47. The van der Waals surface area contributed by atoms with Crippen LogP contribution in [-0.4, -0.2) is 59.9 Å². The third-order valence-corrected chi connectivity index (χ3v) is 7.21. The van der Waals surface area contributed by atoms with Crippen molar-refractivity contribution < 1.29 is 23.1 Å². The van der Waals surface area contributed by atoms with Crippen molar-refractivity contribution in [3.05, 3.63) is 99.0 Å². The van der Waals surface area contributed by atoms with Gasteiger partial charge in [-0.25, -0.2) is 8.78 Å². The summed E-state index contributed by atoms with van der Waals surface area (Å²) in [4.78, 5) is 44.0. The Morgan fingerprint density at radius 2 is 1.84 bits per heavy atom. The predicted octanol–water partition coefficient (Wildman–Crippen LogP) is 2.75. The number of aromatic nitrogens is 1. The van der Waals surface area contributed by atoms with Crippen LogP contribution >= 0.6 is 0 Å². The van der Waals surface area contributed by atoms with Crippen LogP contribution in [0.25, 0.3) is 0 Å². The first-order chi connectivity index (χ1) is 18.2. The average Bonchev–Trinajstić information content (AvgIpc) is 3.26. The first kappa shape index (κ1) is 25.6. The van der Waals surface area contributed by atoms with Crippen LogP contribution in [0, 0.1) is 11.6 Å². The number of hydrogen-bond donors (Lipinski definition) is 1. The van der Waals surface area contributed by atoms with Crippen molar-refractivity contribution in [3.63, 3.8) is 0 Å². The number of carbonyl (C=O) groups excluding carboxylic acids is 2. The molecule has 38 heavy (non-hydrogen) atoms. The lowest BCUT2D eigenvalue weighted by atomic mass is 9.92. The number of pyridine rings is 1. The first-order valence-electron chi connectivity index (χ1n) is 12.3. The van der Waals surface area contributed by atoms with Gasteiger partial charge >= 0.3 is 0 Å². The number of fused-ring (bicyclic) bond motifs is 2. The summed E-state index contributed by atoms with van der Waals surface area (Å²) in [6, 6.07) is 12.2. The predicted molar refractivity (Wildman–Crippen MR) is 136 cm³/mol. The Labute approximate surface area is 218 Å². The second kappa shape index (κ2) is 10.0. The number of ether oxygens (including phenoxy) is 1. The molecule has 0 saturated carbocycles. The van der Waals surface area contributed by atoms with Crippen LogP contribution in [0.4, 0.5) is 8.78 Å². The van der Waals surface area contributed by atoms with E-state index in [1.165, 1.54) is 12.3 Å². The monoisotopic (exact) mass is 522 g/mol. The Morgan fingerprint density at radius 1 is 1.08 bits per heavy atom. The summed E-state index contributed by atoms with van der Waals surface area (Å²) in [5, 5.41) is 2.56. The Balaban J connectivity index is 1.57. The number of nitrogens with zero attached hydrogens (tertiary/aromatic N) is 3. The molecule has 1 N–H and O–H groups in total. The number of rotatable bonds is 6. The molecule has 8 nitrogen and oxygen atoms in total. The molecule has 1 atom stereocenters. The van der Waals surface area contributed by atoms with Gasteiger partial charge in [-0.1, -0.05) is 36.4 Å². The van der Waals surface area contributed by atoms with Crippen molar-refractivity contribution in [1.82, 2.24) is 19.7 Å². The minimum Gasteiger partial charge on any atom is -0.483 e. The van der Waals surface area contributed by atoms with E-state index in [1.807, 2.05) is 37.4 Å². The van der Waals surface area contributed by atoms with Crippen LogP contribution in [0.2, 0.25) is 0 Å². The molecule has 1 saturated heterocycles. The zero-order valence-electron chi connectivity index (χ0n) is 21.2. The Kier molecular flexibility index (Phi) is 6.75. The van der Waals surface area contributed by atoms with Crippen molar-refractivity contribution in [2.45, 2.75) is 25.1 Å². The summed E-state index contributed by atoms with van der Waals surface area (Å²) < 4.78 is 35.1. The molecule has 5 rings (SSSR count). The highest BCUT2D eigenvalue weighted by molar-refractivity contribution is 5.99. The molecule has 10 heteroatoms. The number of nitrogens with one attached hydrogen (secondary N) is 1. The van der Waals surface area contributed by atoms with E-state index < -0.39 is 28.5 Å². The lowest BCUT2D eigenvalue weighted by molar-refractivity contribution is 0.0605. The molecule has 1 unspecified atom stereocenters. The average molecular weight is 523 g/mol. The molecule has 1 spiro atoms. The van der Waals surface area contributed by atoms with E-state index in [1.54, 1.807) is 16.5 Å². The Bertz CT molecular complexity index is 1460. The van der Waals surface area contributed by atoms with Gasteiger partial charge in [-0.3, -0.25) is 14.4 Å². The van der Waals surface area contributed by atoms with E-state index in [2.05, 4.69) is 10.2 Å². The summed E-state index contributed by atoms with van der Waals surface area (Å²) >= 11 is 0. The van der Waals surface area contributed by atoms with Gasteiger partial charge in [0.2, 0.25) is 5.43 Å². The fourth-order valence-corrected chi connectivity index (χ4v) is 5.28. The third kappa shape index (κ3) is 4.67. The van der Waals surface area contributed by atoms with Crippen LogP contribution < -0.4 is 15.5 Å². The third-order valence-electron chi connectivity index (χ3n) is 7.21. The van der Waals surface area contributed by atoms with Crippen molar-refractivity contribution in [1.29, 1.82) is 0 Å². The molecule has 2 amide bonds. The van der Waals surface area contributed by atoms with Gasteiger partial charge in [0.25, 0.3) is 11.8 Å². The lowest BCUT2D eigenvalue weighted by Crippen LogP contribution is -2.55. The maximum Gasteiger partial charge on any atom is 0.274 e. The van der Waals surface area contributed by atoms with E-state index in [0.717, 1.165) is 24.2 Å². The van der Waals surface area contributed by atoms with Gasteiger partial charge in [0.05, 0.1) is 5.54 Å². The van der Waals surface area contributed by atoms with Crippen LogP contribution in [0.3, 0.4) is 0 Å². The molecule has 2 aromatic carbocycles. The molecule has 0 bridgehead atoms. The highest BCUT2D eigenvalue weighted by atomic mass is 19.1. The second-order valence-corrected chi connectivity index (χ2v) is 9.99. The smallest absolute Gasteiger partial charge is 0.274 e. The zero-order chi connectivity index (χ0) is 27.0. The largest absolute Gasteiger partial charge is 0.483 e. The Morgan fingerprint density at radius 3 is 2.53 bits per heavy atom. The van der Waals surface area contributed by atoms with Gasteiger partial charge in [-0.15, -0.1) is 0 Å². The minimum absolute atomic E-state index is 0.0266. The van der Waals surface area contributed by atoms with Crippen LogP contribution in [0.1, 0.15) is 38.4 Å². The summed E-state index contributed by atoms with van der Waals surface area (Å²) in [6.45, 7) is 1.58. The highest BCUT2D eigenvalue weighted by Crippen LogP contribution is 2.37. The first-order valence-corrected chi connectivity index (χ1v) is 12.3. The van der Waals surface area contributed by atoms with Gasteiger partial charge in [0.15, 0.2) is 11.4 Å². The van der Waals surface area contributed by atoms with Crippen LogP contribution in [-0.2, 0) is 18.7 Å². The molecule has 2 aliphatic rings. The zero-order valence-corrected chi connectivity index (χ0v) is 21.2. The van der Waals surface area contributed by atoms with E-state index >= 15 is 0 Å². The lowest BCUT2D eigenvalue weighted by Gasteiger charge is -2.42. The normalized spacial score (nSPS) is 19.1. The summed E-state index contributed by atoms with van der Waals surface area (Å²) in [5.74, 6) is -2.84. The van der Waals surface area contributed by atoms with Crippen molar-refractivity contribution in [2.24, 2.45) is 0 Å². The standard InChI is InChI=1S/C28H28F2N4O4/c1-32-11-10-28(16-32)17-33(2)27(37)23-25(38-15-18-6-4-3-5-7-18)24(35)21(14-34(23)28)26(36)31-13-19-8-9-20(29)12-22(19)30/h3-9,12,14H,10-11,13,15-17H2,1-2H3,(H,31,36). The van der Waals surface area contributed by atoms with Gasteiger partial charge < -0.3 is 24.4 Å².